The van der Waals surface area contributed by atoms with Crippen LogP contribution >= 0.6 is 27.5 Å². The molecule has 1 heterocycles. The molecule has 1 N–H and O–H groups in total. The van der Waals surface area contributed by atoms with E-state index in [9.17, 15) is 8.42 Å². The third-order valence-corrected chi connectivity index (χ3v) is 4.45. The van der Waals surface area contributed by atoms with Crippen molar-refractivity contribution in [2.45, 2.75) is 4.90 Å². The molecule has 1 aromatic carbocycles. The van der Waals surface area contributed by atoms with E-state index in [1.807, 2.05) is 0 Å². The molecule has 0 amide bonds. The highest BCUT2D eigenvalue weighted by molar-refractivity contribution is 9.10. The van der Waals surface area contributed by atoms with Crippen LogP contribution in [0.25, 0.3) is 0 Å². The number of nitrogens with zero attached hydrogens (tertiary/aromatic N) is 1. The van der Waals surface area contributed by atoms with E-state index >= 15 is 0 Å². The van der Waals surface area contributed by atoms with Crippen molar-refractivity contribution < 1.29 is 13.2 Å². The van der Waals surface area contributed by atoms with E-state index < -0.39 is 10.0 Å². The van der Waals surface area contributed by atoms with Crippen LogP contribution in [0, 0.1) is 0 Å². The summed E-state index contributed by atoms with van der Waals surface area (Å²) in [5.74, 6) is 0.377. The summed E-state index contributed by atoms with van der Waals surface area (Å²) in [6.07, 6.45) is 0. The van der Waals surface area contributed by atoms with Gasteiger partial charge in [0, 0.05) is 4.47 Å². The van der Waals surface area contributed by atoms with Crippen molar-refractivity contribution in [2.24, 2.45) is 0 Å². The molecule has 5 nitrogen and oxygen atoms in total. The van der Waals surface area contributed by atoms with Gasteiger partial charge in [0.05, 0.1) is 7.11 Å². The van der Waals surface area contributed by atoms with Gasteiger partial charge in [-0.05, 0) is 30.3 Å². The fraction of sp³-hybridized carbons (Fsp3) is 0.0833. The molecular formula is C12H10BrClN2O3S. The molecule has 0 unspecified atom stereocenters. The van der Waals surface area contributed by atoms with Crippen molar-refractivity contribution in [1.82, 2.24) is 4.98 Å². The van der Waals surface area contributed by atoms with Gasteiger partial charge >= 0.3 is 0 Å². The van der Waals surface area contributed by atoms with Crippen LogP contribution < -0.4 is 9.46 Å². The lowest BCUT2D eigenvalue weighted by atomic mass is 10.3. The predicted molar refractivity (Wildman–Crippen MR) is 80.7 cm³/mol. The first-order chi connectivity index (χ1) is 9.42. The van der Waals surface area contributed by atoms with Gasteiger partial charge in [-0.25, -0.2) is 13.4 Å². The zero-order valence-corrected chi connectivity index (χ0v) is 13.5. The fourth-order valence-corrected chi connectivity index (χ4v) is 3.39. The summed E-state index contributed by atoms with van der Waals surface area (Å²) in [6.45, 7) is 0. The summed E-state index contributed by atoms with van der Waals surface area (Å²) < 4.78 is 32.7. The normalized spacial score (nSPS) is 11.2. The van der Waals surface area contributed by atoms with Crippen LogP contribution in [0.4, 0.5) is 5.82 Å². The highest BCUT2D eigenvalue weighted by atomic mass is 79.9. The Morgan fingerprint density at radius 2 is 2.05 bits per heavy atom. The van der Waals surface area contributed by atoms with E-state index in [0.29, 0.717) is 4.47 Å². The highest BCUT2D eigenvalue weighted by Crippen LogP contribution is 2.28. The van der Waals surface area contributed by atoms with Crippen molar-refractivity contribution in [3.8, 4) is 5.75 Å². The molecule has 0 fully saturated rings. The minimum atomic E-state index is -3.82. The van der Waals surface area contributed by atoms with Crippen LogP contribution in [0.1, 0.15) is 0 Å². The number of halogens is 2. The highest BCUT2D eigenvalue weighted by Gasteiger charge is 2.20. The van der Waals surface area contributed by atoms with Gasteiger partial charge in [-0.1, -0.05) is 33.6 Å². The molecule has 0 saturated heterocycles. The van der Waals surface area contributed by atoms with Crippen LogP contribution in [0.15, 0.2) is 45.8 Å². The first-order valence-corrected chi connectivity index (χ1v) is 8.07. The van der Waals surface area contributed by atoms with Gasteiger partial charge in [0.1, 0.15) is 21.6 Å². The zero-order chi connectivity index (χ0) is 14.8. The third kappa shape index (κ3) is 3.41. The lowest BCUT2D eigenvalue weighted by Crippen LogP contribution is -2.15. The van der Waals surface area contributed by atoms with Crippen molar-refractivity contribution in [1.29, 1.82) is 0 Å². The van der Waals surface area contributed by atoms with Gasteiger partial charge < -0.3 is 4.74 Å². The molecule has 20 heavy (non-hydrogen) atoms. The van der Waals surface area contributed by atoms with Gasteiger partial charge in [-0.2, -0.15) is 0 Å². The average Bonchev–Trinajstić information content (AvgIpc) is 2.38. The maximum Gasteiger partial charge on any atom is 0.266 e. The van der Waals surface area contributed by atoms with E-state index in [2.05, 4.69) is 25.6 Å². The van der Waals surface area contributed by atoms with Crippen LogP contribution in [-0.2, 0) is 10.0 Å². The molecule has 0 radical (unpaired) electrons. The number of pyridine rings is 1. The summed E-state index contributed by atoms with van der Waals surface area (Å²) in [7, 11) is -2.42. The van der Waals surface area contributed by atoms with Crippen LogP contribution in [0.5, 0.6) is 5.75 Å². The Morgan fingerprint density at radius 1 is 1.30 bits per heavy atom. The van der Waals surface area contributed by atoms with Gasteiger partial charge in [-0.3, -0.25) is 4.72 Å². The topological polar surface area (TPSA) is 68.3 Å². The van der Waals surface area contributed by atoms with Crippen LogP contribution in [0.2, 0.25) is 5.15 Å². The number of hydrogen-bond acceptors (Lipinski definition) is 4. The molecule has 0 bridgehead atoms. The standard InChI is InChI=1S/C12H10BrClN2O3S/c1-19-9-6-5-8(13)7-10(9)20(17,18)16-12-4-2-3-11(14)15-12/h2-7H,1H3,(H,15,16). The van der Waals surface area contributed by atoms with E-state index in [1.54, 1.807) is 24.3 Å². The van der Waals surface area contributed by atoms with Gasteiger partial charge in [0.15, 0.2) is 0 Å². The lowest BCUT2D eigenvalue weighted by Gasteiger charge is -2.11. The second-order valence-corrected chi connectivity index (χ2v) is 6.70. The average molecular weight is 378 g/mol. The summed E-state index contributed by atoms with van der Waals surface area (Å²) in [5.41, 5.74) is 0. The van der Waals surface area contributed by atoms with Crippen molar-refractivity contribution >= 4 is 43.4 Å². The summed E-state index contributed by atoms with van der Waals surface area (Å²) in [6, 6.07) is 9.36. The van der Waals surface area contributed by atoms with Crippen LogP contribution in [-0.4, -0.2) is 20.5 Å². The number of ether oxygens (including phenoxy) is 1. The second-order valence-electron chi connectivity index (χ2n) is 3.75. The number of benzene rings is 1. The van der Waals surface area contributed by atoms with E-state index in [1.165, 1.54) is 19.2 Å². The lowest BCUT2D eigenvalue weighted by molar-refractivity contribution is 0.403. The van der Waals surface area contributed by atoms with E-state index in [0.717, 1.165) is 0 Å². The van der Waals surface area contributed by atoms with Crippen molar-refractivity contribution in [3.05, 3.63) is 46.0 Å². The number of anilines is 1. The third-order valence-electron chi connectivity index (χ3n) is 2.37. The number of rotatable bonds is 4. The Kier molecular flexibility index (Phi) is 4.52. The molecule has 0 saturated carbocycles. The summed E-state index contributed by atoms with van der Waals surface area (Å²) in [4.78, 5) is 3.89. The molecule has 1 aromatic heterocycles. The molecule has 0 aliphatic carbocycles. The zero-order valence-electron chi connectivity index (χ0n) is 10.3. The molecular weight excluding hydrogens is 368 g/mol. The Labute approximate surface area is 130 Å². The van der Waals surface area contributed by atoms with Crippen LogP contribution in [0.3, 0.4) is 0 Å². The SMILES string of the molecule is COc1ccc(Br)cc1S(=O)(=O)Nc1cccc(Cl)n1. The van der Waals surface area contributed by atoms with E-state index in [4.69, 9.17) is 16.3 Å². The molecule has 0 aliphatic heterocycles. The monoisotopic (exact) mass is 376 g/mol. The van der Waals surface area contributed by atoms with Crippen molar-refractivity contribution in [2.75, 3.05) is 11.8 Å². The first kappa shape index (κ1) is 15.1. The van der Waals surface area contributed by atoms with Gasteiger partial charge in [0.25, 0.3) is 10.0 Å². The minimum Gasteiger partial charge on any atom is -0.495 e. The summed E-state index contributed by atoms with van der Waals surface area (Å²) >= 11 is 8.96. The number of nitrogens with one attached hydrogen (secondary N) is 1. The Hall–Kier alpha value is -1.31. The fourth-order valence-electron chi connectivity index (χ4n) is 1.52. The molecule has 0 spiro atoms. The Balaban J connectivity index is 2.43. The van der Waals surface area contributed by atoms with E-state index in [-0.39, 0.29) is 21.6 Å². The molecule has 2 rings (SSSR count). The second kappa shape index (κ2) is 5.99. The molecule has 106 valence electrons. The molecule has 0 atom stereocenters. The minimum absolute atomic E-state index is 0.0103. The number of sulfonamides is 1. The smallest absolute Gasteiger partial charge is 0.266 e. The number of methoxy groups -OCH3 is 1. The quantitative estimate of drug-likeness (QED) is 0.830. The Morgan fingerprint density at radius 3 is 2.70 bits per heavy atom. The Bertz CT molecular complexity index is 737. The summed E-state index contributed by atoms with van der Waals surface area (Å²) in [5, 5.41) is 0.200. The van der Waals surface area contributed by atoms with Gasteiger partial charge in [0.2, 0.25) is 0 Å². The first-order valence-electron chi connectivity index (χ1n) is 5.41. The maximum absolute atomic E-state index is 12.3. The molecule has 2 aromatic rings. The molecule has 8 heteroatoms. The molecule has 0 aliphatic rings. The maximum atomic E-state index is 12.3. The van der Waals surface area contributed by atoms with Gasteiger partial charge in [-0.15, -0.1) is 0 Å². The predicted octanol–water partition coefficient (Wildman–Crippen LogP) is 3.31. The largest absolute Gasteiger partial charge is 0.495 e. The number of hydrogen-bond donors (Lipinski definition) is 1. The number of aromatic nitrogens is 1. The van der Waals surface area contributed by atoms with Crippen molar-refractivity contribution in [3.63, 3.8) is 0 Å².